The molecule has 2 aliphatic heterocycles. The quantitative estimate of drug-likeness (QED) is 0.372. The van der Waals surface area contributed by atoms with Crippen LogP contribution in [0.25, 0.3) is 28.2 Å². The van der Waals surface area contributed by atoms with E-state index in [4.69, 9.17) is 14.9 Å². The smallest absolute Gasteiger partial charge is 0.248 e. The maximum absolute atomic E-state index is 6.21. The number of rotatable bonds is 5. The van der Waals surface area contributed by atoms with Crippen LogP contribution in [0.5, 0.6) is 5.75 Å². The number of oxazole rings is 1. The lowest BCUT2D eigenvalue weighted by Gasteiger charge is -2.10. The molecule has 0 aliphatic carbocycles. The molecule has 7 rings (SSSR count). The molecule has 0 radical (unpaired) electrons. The minimum atomic E-state index is 0.206. The van der Waals surface area contributed by atoms with Crippen LogP contribution in [-0.4, -0.2) is 54.5 Å². The summed E-state index contributed by atoms with van der Waals surface area (Å²) in [6.45, 7) is 3.48. The van der Waals surface area contributed by atoms with Gasteiger partial charge >= 0.3 is 0 Å². The molecule has 5 aromatic rings. The van der Waals surface area contributed by atoms with Crippen molar-refractivity contribution in [3.8, 4) is 22.8 Å². The van der Waals surface area contributed by atoms with Crippen LogP contribution in [0.1, 0.15) is 24.3 Å². The van der Waals surface area contributed by atoms with Crippen LogP contribution < -0.4 is 15.8 Å². The first-order valence-corrected chi connectivity index (χ1v) is 12.4. The van der Waals surface area contributed by atoms with E-state index in [-0.39, 0.29) is 5.95 Å². The number of nitrogen functional groups attached to an aromatic ring is 1. The zero-order valence-electron chi connectivity index (χ0n) is 20.1. The molecule has 0 amide bonds. The minimum Gasteiger partial charge on any atom is -0.493 e. The molecule has 0 saturated carbocycles. The molecule has 0 bridgehead atoms. The third-order valence-electron chi connectivity index (χ3n) is 6.73. The van der Waals surface area contributed by atoms with E-state index in [1.54, 1.807) is 0 Å². The van der Waals surface area contributed by atoms with Crippen molar-refractivity contribution in [2.45, 2.75) is 25.8 Å². The predicted octanol–water partition coefficient (Wildman–Crippen LogP) is 3.72. The summed E-state index contributed by atoms with van der Waals surface area (Å²) in [5, 5.41) is 16.6. The Morgan fingerprint density at radius 1 is 1.00 bits per heavy atom. The zero-order chi connectivity index (χ0) is 24.8. The van der Waals surface area contributed by atoms with Crippen LogP contribution in [0.3, 0.4) is 0 Å². The monoisotopic (exact) mass is 495 g/mol. The molecule has 37 heavy (non-hydrogen) atoms. The summed E-state index contributed by atoms with van der Waals surface area (Å²) >= 11 is 0. The number of anilines is 3. The Kier molecular flexibility index (Phi) is 5.21. The van der Waals surface area contributed by atoms with E-state index in [2.05, 4.69) is 35.5 Å². The van der Waals surface area contributed by atoms with Crippen molar-refractivity contribution in [1.82, 2.24) is 34.8 Å². The molecule has 11 nitrogen and oxygen atoms in total. The van der Waals surface area contributed by atoms with Crippen molar-refractivity contribution in [2.24, 2.45) is 0 Å². The number of fused-ring (bicyclic) bond motifs is 4. The average molecular weight is 496 g/mol. The van der Waals surface area contributed by atoms with Gasteiger partial charge in [0.2, 0.25) is 17.8 Å². The Morgan fingerprint density at radius 3 is 2.81 bits per heavy atom. The SMILES string of the molecule is Nc1nc(Nc2ccc3oc(CN4CCCC4)nc3c2)nn1-c1cc2c(nn1)-c1ccccc1OCC2. The molecule has 11 heteroatoms. The number of nitrogens with one attached hydrogen (secondary N) is 1. The molecular weight excluding hydrogens is 470 g/mol. The molecule has 3 aromatic heterocycles. The van der Waals surface area contributed by atoms with Crippen molar-refractivity contribution < 1.29 is 9.15 Å². The fourth-order valence-electron chi connectivity index (χ4n) is 4.93. The summed E-state index contributed by atoms with van der Waals surface area (Å²) in [6, 6.07) is 15.5. The minimum absolute atomic E-state index is 0.206. The number of benzene rings is 2. The molecule has 2 aromatic carbocycles. The normalized spacial score (nSPS) is 15.2. The zero-order valence-corrected chi connectivity index (χ0v) is 20.1. The lowest BCUT2D eigenvalue weighted by atomic mass is 10.0. The topological polar surface area (TPSA) is 133 Å². The van der Waals surface area contributed by atoms with Crippen LogP contribution in [0.15, 0.2) is 52.9 Å². The van der Waals surface area contributed by atoms with Gasteiger partial charge in [0.15, 0.2) is 11.4 Å². The lowest BCUT2D eigenvalue weighted by Crippen LogP contribution is -2.18. The number of para-hydroxylation sites is 1. The largest absolute Gasteiger partial charge is 0.493 e. The summed E-state index contributed by atoms with van der Waals surface area (Å²) < 4.78 is 13.3. The van der Waals surface area contributed by atoms with Gasteiger partial charge in [0.25, 0.3) is 0 Å². The highest BCUT2D eigenvalue weighted by atomic mass is 16.5. The first-order chi connectivity index (χ1) is 18.2. The van der Waals surface area contributed by atoms with E-state index in [0.717, 1.165) is 64.9 Å². The number of nitrogens with two attached hydrogens (primary N) is 1. The van der Waals surface area contributed by atoms with Crippen molar-refractivity contribution in [3.63, 3.8) is 0 Å². The lowest BCUT2D eigenvalue weighted by molar-refractivity contribution is 0.295. The molecule has 186 valence electrons. The van der Waals surface area contributed by atoms with Gasteiger partial charge in [-0.3, -0.25) is 4.90 Å². The predicted molar refractivity (Wildman–Crippen MR) is 138 cm³/mol. The fourth-order valence-corrected chi connectivity index (χ4v) is 4.93. The van der Waals surface area contributed by atoms with Crippen LogP contribution in [0.4, 0.5) is 17.6 Å². The average Bonchev–Trinajstić information content (AvgIpc) is 3.62. The van der Waals surface area contributed by atoms with E-state index in [9.17, 15) is 0 Å². The number of hydrogen-bond donors (Lipinski definition) is 2. The summed E-state index contributed by atoms with van der Waals surface area (Å²) in [5.41, 5.74) is 11.3. The van der Waals surface area contributed by atoms with Gasteiger partial charge in [-0.25, -0.2) is 4.98 Å². The van der Waals surface area contributed by atoms with Crippen LogP contribution in [0.2, 0.25) is 0 Å². The van der Waals surface area contributed by atoms with Gasteiger partial charge in [0.05, 0.1) is 13.2 Å². The number of ether oxygens (including phenoxy) is 1. The first kappa shape index (κ1) is 21.7. The molecule has 2 aliphatic rings. The molecule has 5 heterocycles. The Morgan fingerprint density at radius 2 is 1.89 bits per heavy atom. The Bertz CT molecular complexity index is 1600. The van der Waals surface area contributed by atoms with Gasteiger partial charge in [-0.2, -0.15) is 9.67 Å². The Labute approximate surface area is 212 Å². The highest BCUT2D eigenvalue weighted by Gasteiger charge is 2.20. The number of nitrogens with zero attached hydrogens (tertiary/aromatic N) is 7. The van der Waals surface area contributed by atoms with Crippen molar-refractivity contribution in [3.05, 3.63) is 60.0 Å². The maximum atomic E-state index is 6.21. The van der Waals surface area contributed by atoms with E-state index in [0.29, 0.717) is 24.8 Å². The molecular formula is C26H25N9O2. The molecule has 3 N–H and O–H groups in total. The Balaban J connectivity index is 1.13. The summed E-state index contributed by atoms with van der Waals surface area (Å²) in [7, 11) is 0. The van der Waals surface area contributed by atoms with Crippen molar-refractivity contribution >= 4 is 28.7 Å². The maximum Gasteiger partial charge on any atom is 0.248 e. The standard InChI is InChI=1S/C26H25N9O2/c27-25-30-26(28-17-7-8-21-19(14-17)29-23(37-21)15-34-10-3-4-11-34)33-35(25)22-13-16-9-12-36-20-6-2-1-5-18(20)24(16)32-31-22/h1-2,5-8,13-14H,3-4,9-12,15H2,(H3,27,28,30,33). The van der Waals surface area contributed by atoms with E-state index < -0.39 is 0 Å². The van der Waals surface area contributed by atoms with Gasteiger partial charge in [0.1, 0.15) is 17.0 Å². The van der Waals surface area contributed by atoms with Crippen LogP contribution in [0, 0.1) is 0 Å². The van der Waals surface area contributed by atoms with Gasteiger partial charge in [-0.1, -0.05) is 12.1 Å². The van der Waals surface area contributed by atoms with E-state index in [1.807, 2.05) is 48.5 Å². The van der Waals surface area contributed by atoms with E-state index >= 15 is 0 Å². The van der Waals surface area contributed by atoms with Gasteiger partial charge in [0, 0.05) is 17.7 Å². The second-order valence-corrected chi connectivity index (χ2v) is 9.27. The third-order valence-corrected chi connectivity index (χ3v) is 6.73. The molecule has 1 fully saturated rings. The molecule has 0 unspecified atom stereocenters. The summed E-state index contributed by atoms with van der Waals surface area (Å²) in [5.74, 6) is 2.59. The first-order valence-electron chi connectivity index (χ1n) is 12.4. The number of likely N-dealkylation sites (tertiary alicyclic amines) is 1. The van der Waals surface area contributed by atoms with Crippen LogP contribution >= 0.6 is 0 Å². The number of aromatic nitrogens is 6. The highest BCUT2D eigenvalue weighted by molar-refractivity contribution is 5.78. The van der Waals surface area contributed by atoms with Crippen molar-refractivity contribution in [2.75, 3.05) is 30.7 Å². The van der Waals surface area contributed by atoms with Crippen molar-refractivity contribution in [1.29, 1.82) is 0 Å². The highest BCUT2D eigenvalue weighted by Crippen LogP contribution is 2.34. The third kappa shape index (κ3) is 4.12. The molecule has 0 atom stereocenters. The van der Waals surface area contributed by atoms with E-state index in [1.165, 1.54) is 17.5 Å². The summed E-state index contributed by atoms with van der Waals surface area (Å²) in [4.78, 5) is 11.4. The fraction of sp³-hybridized carbons (Fsp3) is 0.269. The summed E-state index contributed by atoms with van der Waals surface area (Å²) in [6.07, 6.45) is 3.16. The Hall–Kier alpha value is -4.51. The van der Waals surface area contributed by atoms with Gasteiger partial charge in [-0.15, -0.1) is 15.3 Å². The van der Waals surface area contributed by atoms with Crippen LogP contribution in [-0.2, 0) is 13.0 Å². The second-order valence-electron chi connectivity index (χ2n) is 9.27. The van der Waals surface area contributed by atoms with Gasteiger partial charge in [-0.05, 0) is 67.9 Å². The molecule has 0 spiro atoms. The van der Waals surface area contributed by atoms with Gasteiger partial charge < -0.3 is 20.2 Å². The molecule has 1 saturated heterocycles. The second kappa shape index (κ2) is 8.86. The number of hydrogen-bond acceptors (Lipinski definition) is 10.